The minimum atomic E-state index is 0.695. The summed E-state index contributed by atoms with van der Waals surface area (Å²) in [4.78, 5) is 2.15. The summed E-state index contributed by atoms with van der Waals surface area (Å²) >= 11 is 9.37. The number of ether oxygens (including phenoxy) is 1. The highest BCUT2D eigenvalue weighted by atomic mass is 79.9. The van der Waals surface area contributed by atoms with Crippen LogP contribution in [0.3, 0.4) is 0 Å². The van der Waals surface area contributed by atoms with Crippen LogP contribution < -0.4 is 9.64 Å². The van der Waals surface area contributed by atoms with E-state index in [1.165, 1.54) is 0 Å². The Labute approximate surface area is 90.6 Å². The van der Waals surface area contributed by atoms with Crippen LogP contribution in [0.1, 0.15) is 0 Å². The molecule has 1 aliphatic rings. The van der Waals surface area contributed by atoms with Crippen molar-refractivity contribution in [3.8, 4) is 5.75 Å². The number of nitrogens with zero attached hydrogens (tertiary/aromatic N) is 1. The van der Waals surface area contributed by atoms with Gasteiger partial charge in [-0.15, -0.1) is 0 Å². The van der Waals surface area contributed by atoms with Crippen LogP contribution in [-0.2, 0) is 0 Å². The first-order chi connectivity index (χ1) is 6.18. The van der Waals surface area contributed by atoms with Gasteiger partial charge in [-0.3, -0.25) is 0 Å². The molecule has 0 bridgehead atoms. The SMILES string of the molecule is CN1CCOc2cc(Cl)cc(Br)c21. The van der Waals surface area contributed by atoms with Gasteiger partial charge in [-0.25, -0.2) is 0 Å². The van der Waals surface area contributed by atoms with Crippen molar-refractivity contribution < 1.29 is 4.74 Å². The average Bonchev–Trinajstić information content (AvgIpc) is 2.02. The molecule has 0 spiro atoms. The lowest BCUT2D eigenvalue weighted by atomic mass is 10.2. The Morgan fingerprint density at radius 3 is 3.08 bits per heavy atom. The van der Waals surface area contributed by atoms with E-state index in [-0.39, 0.29) is 0 Å². The summed E-state index contributed by atoms with van der Waals surface area (Å²) in [6.45, 7) is 1.63. The Balaban J connectivity index is 2.56. The molecule has 2 rings (SSSR count). The van der Waals surface area contributed by atoms with Gasteiger partial charge < -0.3 is 9.64 Å². The molecular formula is C9H9BrClNO. The van der Waals surface area contributed by atoms with Gasteiger partial charge in [0.2, 0.25) is 0 Å². The molecular weight excluding hydrogens is 253 g/mol. The Morgan fingerprint density at radius 2 is 2.31 bits per heavy atom. The molecule has 4 heteroatoms. The van der Waals surface area contributed by atoms with E-state index in [2.05, 4.69) is 20.8 Å². The second-order valence-electron chi connectivity index (χ2n) is 3.00. The van der Waals surface area contributed by atoms with Gasteiger partial charge in [0, 0.05) is 22.6 Å². The van der Waals surface area contributed by atoms with Gasteiger partial charge in [-0.05, 0) is 22.0 Å². The molecule has 70 valence electrons. The average molecular weight is 263 g/mol. The Morgan fingerprint density at radius 1 is 1.54 bits per heavy atom. The molecule has 0 amide bonds. The van der Waals surface area contributed by atoms with E-state index in [4.69, 9.17) is 16.3 Å². The van der Waals surface area contributed by atoms with Crippen molar-refractivity contribution in [2.75, 3.05) is 25.1 Å². The summed E-state index contributed by atoms with van der Waals surface area (Å²) < 4.78 is 6.48. The maximum absolute atomic E-state index is 5.90. The minimum absolute atomic E-state index is 0.695. The highest BCUT2D eigenvalue weighted by Gasteiger charge is 2.18. The van der Waals surface area contributed by atoms with Crippen molar-refractivity contribution in [1.29, 1.82) is 0 Å². The summed E-state index contributed by atoms with van der Waals surface area (Å²) in [5.41, 5.74) is 1.08. The van der Waals surface area contributed by atoms with Crippen LogP contribution >= 0.6 is 27.5 Å². The van der Waals surface area contributed by atoms with Gasteiger partial charge in [0.25, 0.3) is 0 Å². The zero-order valence-electron chi connectivity index (χ0n) is 7.18. The maximum Gasteiger partial charge on any atom is 0.145 e. The fourth-order valence-corrected chi connectivity index (χ4v) is 2.51. The van der Waals surface area contributed by atoms with Crippen LogP contribution in [0.5, 0.6) is 5.75 Å². The summed E-state index contributed by atoms with van der Waals surface area (Å²) in [6, 6.07) is 3.73. The Hall–Kier alpha value is -0.410. The normalized spacial score (nSPS) is 15.2. The van der Waals surface area contributed by atoms with Crippen LogP contribution in [0, 0.1) is 0 Å². The number of fused-ring (bicyclic) bond motifs is 1. The second-order valence-corrected chi connectivity index (χ2v) is 4.30. The summed E-state index contributed by atoms with van der Waals surface area (Å²) in [5.74, 6) is 0.855. The zero-order valence-corrected chi connectivity index (χ0v) is 9.52. The molecule has 2 nitrogen and oxygen atoms in total. The van der Waals surface area contributed by atoms with E-state index < -0.39 is 0 Å². The number of hydrogen-bond acceptors (Lipinski definition) is 2. The molecule has 0 saturated heterocycles. The smallest absolute Gasteiger partial charge is 0.145 e. The van der Waals surface area contributed by atoms with E-state index in [0.717, 1.165) is 29.1 Å². The first kappa shape index (κ1) is 9.16. The lowest BCUT2D eigenvalue weighted by Crippen LogP contribution is -2.29. The van der Waals surface area contributed by atoms with E-state index >= 15 is 0 Å². The predicted molar refractivity (Wildman–Crippen MR) is 57.9 cm³/mol. The second kappa shape index (κ2) is 3.39. The molecule has 0 unspecified atom stereocenters. The third kappa shape index (κ3) is 1.63. The van der Waals surface area contributed by atoms with Gasteiger partial charge in [-0.1, -0.05) is 11.6 Å². The monoisotopic (exact) mass is 261 g/mol. The summed E-state index contributed by atoms with van der Waals surface area (Å²) in [7, 11) is 2.04. The molecule has 1 aromatic rings. The molecule has 1 aliphatic heterocycles. The molecule has 13 heavy (non-hydrogen) atoms. The molecule has 0 saturated carbocycles. The number of rotatable bonds is 0. The van der Waals surface area contributed by atoms with Crippen molar-refractivity contribution in [3.05, 3.63) is 21.6 Å². The lowest BCUT2D eigenvalue weighted by Gasteiger charge is -2.28. The number of likely N-dealkylation sites (N-methyl/N-ethyl adjacent to an activating group) is 1. The number of halogens is 2. The molecule has 1 heterocycles. The van der Waals surface area contributed by atoms with E-state index in [9.17, 15) is 0 Å². The minimum Gasteiger partial charge on any atom is -0.489 e. The molecule has 0 N–H and O–H groups in total. The fraction of sp³-hybridized carbons (Fsp3) is 0.333. The van der Waals surface area contributed by atoms with Gasteiger partial charge in [0.05, 0.1) is 12.2 Å². The summed E-state index contributed by atoms with van der Waals surface area (Å²) in [5, 5.41) is 0.695. The standard InChI is InChI=1S/C9H9BrClNO/c1-12-2-3-13-8-5-6(11)4-7(10)9(8)12/h4-5H,2-3H2,1H3. The molecule has 0 aromatic heterocycles. The third-order valence-corrected chi connectivity index (χ3v) is 2.88. The molecule has 0 aliphatic carbocycles. The van der Waals surface area contributed by atoms with Crippen molar-refractivity contribution in [2.24, 2.45) is 0 Å². The quantitative estimate of drug-likeness (QED) is 0.713. The van der Waals surface area contributed by atoms with Crippen molar-refractivity contribution in [2.45, 2.75) is 0 Å². The van der Waals surface area contributed by atoms with E-state index in [0.29, 0.717) is 5.02 Å². The van der Waals surface area contributed by atoms with Crippen molar-refractivity contribution in [1.82, 2.24) is 0 Å². The number of hydrogen-bond donors (Lipinski definition) is 0. The Bertz CT molecular complexity index is 343. The van der Waals surface area contributed by atoms with Crippen molar-refractivity contribution >= 4 is 33.2 Å². The van der Waals surface area contributed by atoms with Gasteiger partial charge in [0.15, 0.2) is 0 Å². The maximum atomic E-state index is 5.90. The van der Waals surface area contributed by atoms with Gasteiger partial charge in [-0.2, -0.15) is 0 Å². The Kier molecular flexibility index (Phi) is 2.39. The number of benzene rings is 1. The van der Waals surface area contributed by atoms with Crippen LogP contribution in [0.15, 0.2) is 16.6 Å². The van der Waals surface area contributed by atoms with Crippen LogP contribution in [0.25, 0.3) is 0 Å². The molecule has 0 fully saturated rings. The van der Waals surface area contributed by atoms with E-state index in [1.54, 1.807) is 0 Å². The molecule has 0 radical (unpaired) electrons. The fourth-order valence-electron chi connectivity index (χ4n) is 1.43. The highest BCUT2D eigenvalue weighted by Crippen LogP contribution is 2.39. The molecule has 0 atom stereocenters. The first-order valence-corrected chi connectivity index (χ1v) is 5.18. The lowest BCUT2D eigenvalue weighted by molar-refractivity contribution is 0.311. The van der Waals surface area contributed by atoms with Crippen LogP contribution in [0.4, 0.5) is 5.69 Å². The van der Waals surface area contributed by atoms with Crippen LogP contribution in [-0.4, -0.2) is 20.2 Å². The van der Waals surface area contributed by atoms with Crippen LogP contribution in [0.2, 0.25) is 5.02 Å². The zero-order chi connectivity index (χ0) is 9.42. The molecule has 1 aromatic carbocycles. The first-order valence-electron chi connectivity index (χ1n) is 4.01. The number of anilines is 1. The highest BCUT2D eigenvalue weighted by molar-refractivity contribution is 9.10. The summed E-state index contributed by atoms with van der Waals surface area (Å²) in [6.07, 6.45) is 0. The third-order valence-electron chi connectivity index (χ3n) is 2.06. The van der Waals surface area contributed by atoms with Gasteiger partial charge in [0.1, 0.15) is 12.4 Å². The van der Waals surface area contributed by atoms with Gasteiger partial charge >= 0.3 is 0 Å². The predicted octanol–water partition coefficient (Wildman–Crippen LogP) is 2.93. The topological polar surface area (TPSA) is 12.5 Å². The van der Waals surface area contributed by atoms with E-state index in [1.807, 2.05) is 19.2 Å². The van der Waals surface area contributed by atoms with Crippen molar-refractivity contribution in [3.63, 3.8) is 0 Å². The largest absolute Gasteiger partial charge is 0.489 e.